The molecule has 0 fully saturated rings. The molecule has 1 atom stereocenters. The van der Waals surface area contributed by atoms with Crippen LogP contribution in [0.25, 0.3) is 16.6 Å². The summed E-state index contributed by atoms with van der Waals surface area (Å²) >= 11 is 0. The minimum absolute atomic E-state index is 0.136. The highest BCUT2D eigenvalue weighted by atomic mass is 19.4. The molecule has 0 N–H and O–H groups in total. The SMILES string of the molecule is O=[N+]([O-])c1ccccc1C(c1ccc2c(cnn2-c2ccc(F)cc2)c1)C(F)(F)F. The number of halogens is 4. The summed E-state index contributed by atoms with van der Waals surface area (Å²) in [6.45, 7) is 0. The lowest BCUT2D eigenvalue weighted by Crippen LogP contribution is -2.23. The largest absolute Gasteiger partial charge is 0.399 e. The van der Waals surface area contributed by atoms with Crippen LogP contribution in [0.15, 0.2) is 72.9 Å². The average Bonchev–Trinajstić information content (AvgIpc) is 3.11. The highest BCUT2D eigenvalue weighted by molar-refractivity contribution is 5.81. The van der Waals surface area contributed by atoms with Gasteiger partial charge in [-0.05, 0) is 42.0 Å². The van der Waals surface area contributed by atoms with E-state index in [9.17, 15) is 27.7 Å². The Hall–Kier alpha value is -3.75. The summed E-state index contributed by atoms with van der Waals surface area (Å²) in [6.07, 6.45) is -3.35. The van der Waals surface area contributed by atoms with Crippen molar-refractivity contribution in [3.05, 3.63) is 100.0 Å². The van der Waals surface area contributed by atoms with Crippen molar-refractivity contribution in [2.75, 3.05) is 0 Å². The Morgan fingerprint density at radius 2 is 1.70 bits per heavy atom. The van der Waals surface area contributed by atoms with Crippen molar-refractivity contribution in [1.29, 1.82) is 0 Å². The number of benzene rings is 3. The van der Waals surface area contributed by atoms with Gasteiger partial charge in [0.2, 0.25) is 0 Å². The second-order valence-electron chi connectivity index (χ2n) is 6.64. The van der Waals surface area contributed by atoms with Crippen molar-refractivity contribution >= 4 is 16.6 Å². The fourth-order valence-corrected chi connectivity index (χ4v) is 3.46. The molecule has 0 aliphatic carbocycles. The molecule has 0 aliphatic heterocycles. The molecule has 0 saturated carbocycles. The predicted octanol–water partition coefficient (Wildman–Crippen LogP) is 5.77. The lowest BCUT2D eigenvalue weighted by atomic mass is 9.89. The Balaban J connectivity index is 1.84. The minimum atomic E-state index is -4.74. The molecule has 1 unspecified atom stereocenters. The maximum Gasteiger partial charge on any atom is 0.399 e. The smallest absolute Gasteiger partial charge is 0.258 e. The topological polar surface area (TPSA) is 61.0 Å². The van der Waals surface area contributed by atoms with Crippen molar-refractivity contribution < 1.29 is 22.5 Å². The van der Waals surface area contributed by atoms with Gasteiger partial charge in [0, 0.05) is 17.0 Å². The Kier molecular flexibility index (Phi) is 4.73. The van der Waals surface area contributed by atoms with E-state index in [-0.39, 0.29) is 5.56 Å². The molecule has 0 radical (unpaired) electrons. The molecule has 0 saturated heterocycles. The molecule has 0 bridgehead atoms. The van der Waals surface area contributed by atoms with Crippen LogP contribution in [0.5, 0.6) is 0 Å². The standard InChI is InChI=1S/C21H13F4N3O2/c22-15-6-8-16(9-7-15)27-18-10-5-13(11-14(18)12-26-27)20(21(23,24)25)17-3-1-2-4-19(17)28(29)30/h1-12,20H. The number of nitrogens with zero attached hydrogens (tertiary/aromatic N) is 3. The molecule has 1 heterocycles. The fraction of sp³-hybridized carbons (Fsp3) is 0.0952. The van der Waals surface area contributed by atoms with Gasteiger partial charge in [-0.1, -0.05) is 24.3 Å². The van der Waals surface area contributed by atoms with Crippen LogP contribution in [-0.4, -0.2) is 20.9 Å². The van der Waals surface area contributed by atoms with E-state index < -0.39 is 34.1 Å². The Labute approximate surface area is 167 Å². The number of hydrogen-bond acceptors (Lipinski definition) is 3. The van der Waals surface area contributed by atoms with Crippen molar-refractivity contribution in [2.45, 2.75) is 12.1 Å². The first kappa shape index (κ1) is 19.6. The summed E-state index contributed by atoms with van der Waals surface area (Å²) in [7, 11) is 0. The first-order valence-corrected chi connectivity index (χ1v) is 8.79. The summed E-state index contributed by atoms with van der Waals surface area (Å²) in [5, 5.41) is 15.9. The van der Waals surface area contributed by atoms with E-state index in [1.54, 1.807) is 0 Å². The lowest BCUT2D eigenvalue weighted by Gasteiger charge is -2.21. The van der Waals surface area contributed by atoms with Gasteiger partial charge in [0.15, 0.2) is 0 Å². The van der Waals surface area contributed by atoms with Gasteiger partial charge in [-0.15, -0.1) is 0 Å². The number of aromatic nitrogens is 2. The Bertz CT molecular complexity index is 1230. The van der Waals surface area contributed by atoms with Crippen molar-refractivity contribution in [1.82, 2.24) is 9.78 Å². The maximum atomic E-state index is 14.0. The van der Waals surface area contributed by atoms with E-state index in [0.29, 0.717) is 16.6 Å². The monoisotopic (exact) mass is 415 g/mol. The number of nitro benzene ring substituents is 1. The van der Waals surface area contributed by atoms with E-state index in [1.165, 1.54) is 65.5 Å². The number of hydrogen-bond donors (Lipinski definition) is 0. The van der Waals surface area contributed by atoms with E-state index >= 15 is 0 Å². The normalized spacial score (nSPS) is 12.8. The van der Waals surface area contributed by atoms with Crippen molar-refractivity contribution in [3.8, 4) is 5.69 Å². The van der Waals surface area contributed by atoms with Gasteiger partial charge in [0.25, 0.3) is 5.69 Å². The van der Waals surface area contributed by atoms with Gasteiger partial charge in [0.1, 0.15) is 11.7 Å². The van der Waals surface area contributed by atoms with Crippen LogP contribution in [0.4, 0.5) is 23.2 Å². The van der Waals surface area contributed by atoms with Gasteiger partial charge in [0.05, 0.1) is 22.3 Å². The summed E-state index contributed by atoms with van der Waals surface area (Å²) in [5.74, 6) is -2.59. The molecule has 0 spiro atoms. The molecule has 3 aromatic carbocycles. The molecule has 4 aromatic rings. The third-order valence-corrected chi connectivity index (χ3v) is 4.77. The van der Waals surface area contributed by atoms with Gasteiger partial charge in [-0.2, -0.15) is 18.3 Å². The van der Waals surface area contributed by atoms with Gasteiger partial charge in [-0.3, -0.25) is 10.1 Å². The third-order valence-electron chi connectivity index (χ3n) is 4.77. The van der Waals surface area contributed by atoms with Crippen LogP contribution in [0, 0.1) is 15.9 Å². The molecule has 1 aromatic heterocycles. The summed E-state index contributed by atoms with van der Waals surface area (Å²) in [4.78, 5) is 10.5. The van der Waals surface area contributed by atoms with Gasteiger partial charge in [-0.25, -0.2) is 9.07 Å². The summed E-state index contributed by atoms with van der Waals surface area (Å²) < 4.78 is 56.5. The first-order chi connectivity index (χ1) is 14.3. The molecule has 9 heteroatoms. The number of fused-ring (bicyclic) bond motifs is 1. The second-order valence-corrected chi connectivity index (χ2v) is 6.64. The highest BCUT2D eigenvalue weighted by Crippen LogP contribution is 2.44. The van der Waals surface area contributed by atoms with Crippen LogP contribution in [-0.2, 0) is 0 Å². The van der Waals surface area contributed by atoms with Crippen LogP contribution in [0.3, 0.4) is 0 Å². The van der Waals surface area contributed by atoms with Crippen molar-refractivity contribution in [3.63, 3.8) is 0 Å². The number of para-hydroxylation sites is 1. The van der Waals surface area contributed by atoms with Crippen LogP contribution in [0.2, 0.25) is 0 Å². The van der Waals surface area contributed by atoms with Crippen LogP contribution >= 0.6 is 0 Å². The molecule has 152 valence electrons. The van der Waals surface area contributed by atoms with E-state index in [2.05, 4.69) is 5.10 Å². The van der Waals surface area contributed by atoms with Crippen molar-refractivity contribution in [2.24, 2.45) is 0 Å². The molecule has 30 heavy (non-hydrogen) atoms. The van der Waals surface area contributed by atoms with E-state index in [0.717, 1.165) is 12.1 Å². The zero-order valence-corrected chi connectivity index (χ0v) is 15.2. The van der Waals surface area contributed by atoms with E-state index in [4.69, 9.17) is 0 Å². The number of nitro groups is 1. The predicted molar refractivity (Wildman–Crippen MR) is 102 cm³/mol. The Morgan fingerprint density at radius 3 is 2.37 bits per heavy atom. The lowest BCUT2D eigenvalue weighted by molar-refractivity contribution is -0.386. The zero-order chi connectivity index (χ0) is 21.5. The van der Waals surface area contributed by atoms with E-state index in [1.807, 2.05) is 0 Å². The molecular formula is C21H13F4N3O2. The molecule has 0 aliphatic rings. The summed E-state index contributed by atoms with van der Waals surface area (Å²) in [5.41, 5.74) is -0.0933. The minimum Gasteiger partial charge on any atom is -0.258 e. The first-order valence-electron chi connectivity index (χ1n) is 8.79. The number of alkyl halides is 3. The average molecular weight is 415 g/mol. The third kappa shape index (κ3) is 3.49. The van der Waals surface area contributed by atoms with Crippen LogP contribution < -0.4 is 0 Å². The number of rotatable bonds is 4. The highest BCUT2D eigenvalue weighted by Gasteiger charge is 2.44. The maximum absolute atomic E-state index is 14.0. The Morgan fingerprint density at radius 1 is 1.00 bits per heavy atom. The summed E-state index contributed by atoms with van der Waals surface area (Å²) in [6, 6.07) is 14.4. The molecule has 5 nitrogen and oxygen atoms in total. The zero-order valence-electron chi connectivity index (χ0n) is 15.2. The fourth-order valence-electron chi connectivity index (χ4n) is 3.46. The quantitative estimate of drug-likeness (QED) is 0.242. The molecular weight excluding hydrogens is 402 g/mol. The van der Waals surface area contributed by atoms with Crippen LogP contribution in [0.1, 0.15) is 17.0 Å². The molecule has 4 rings (SSSR count). The second kappa shape index (κ2) is 7.25. The molecule has 0 amide bonds. The van der Waals surface area contributed by atoms with Gasteiger partial charge < -0.3 is 0 Å². The van der Waals surface area contributed by atoms with Gasteiger partial charge >= 0.3 is 6.18 Å².